The monoisotopic (exact) mass is 391 g/mol. The van der Waals surface area contributed by atoms with Gasteiger partial charge in [0.1, 0.15) is 11.2 Å². The summed E-state index contributed by atoms with van der Waals surface area (Å²) in [4.78, 5) is 35.4. The van der Waals surface area contributed by atoms with Crippen molar-refractivity contribution < 1.29 is 9.53 Å². The van der Waals surface area contributed by atoms with Gasteiger partial charge in [-0.3, -0.25) is 4.79 Å². The zero-order valence-electron chi connectivity index (χ0n) is 16.3. The lowest BCUT2D eigenvalue weighted by Gasteiger charge is -2.09. The Kier molecular flexibility index (Phi) is 4.67. The van der Waals surface area contributed by atoms with Crippen molar-refractivity contribution in [3.63, 3.8) is 0 Å². The van der Waals surface area contributed by atoms with Crippen molar-refractivity contribution in [3.8, 4) is 5.88 Å². The molecule has 3 heterocycles. The lowest BCUT2D eigenvalue weighted by molar-refractivity contribution is 0.251. The molecule has 0 aliphatic heterocycles. The van der Waals surface area contributed by atoms with Crippen LogP contribution < -0.4 is 20.8 Å². The molecule has 0 saturated carbocycles. The maximum absolute atomic E-state index is 12.6. The van der Waals surface area contributed by atoms with E-state index in [4.69, 9.17) is 4.74 Å². The maximum atomic E-state index is 12.6. The topological polar surface area (TPSA) is 112 Å². The molecule has 2 amide bonds. The number of fused-ring (bicyclic) bond motifs is 2. The number of hydrogen-bond donors (Lipinski definition) is 4. The summed E-state index contributed by atoms with van der Waals surface area (Å²) in [6, 6.07) is 8.89. The second-order valence-corrected chi connectivity index (χ2v) is 6.84. The van der Waals surface area contributed by atoms with Crippen molar-refractivity contribution in [1.82, 2.24) is 20.3 Å². The van der Waals surface area contributed by atoms with Crippen molar-refractivity contribution in [3.05, 3.63) is 63.6 Å². The quantitative estimate of drug-likeness (QED) is 0.427. The second-order valence-electron chi connectivity index (χ2n) is 6.84. The highest BCUT2D eigenvalue weighted by Gasteiger charge is 2.11. The van der Waals surface area contributed by atoms with Gasteiger partial charge in [0.15, 0.2) is 0 Å². The molecule has 0 atom stereocenters. The summed E-state index contributed by atoms with van der Waals surface area (Å²) in [5.41, 5.74) is 4.85. The number of rotatable bonds is 4. The second kappa shape index (κ2) is 7.31. The number of urea groups is 1. The lowest BCUT2D eigenvalue weighted by atomic mass is 10.1. The van der Waals surface area contributed by atoms with E-state index in [1.54, 1.807) is 12.1 Å². The van der Waals surface area contributed by atoms with E-state index < -0.39 is 6.03 Å². The molecule has 0 aliphatic rings. The molecule has 29 heavy (non-hydrogen) atoms. The van der Waals surface area contributed by atoms with Gasteiger partial charge in [0.05, 0.1) is 12.6 Å². The van der Waals surface area contributed by atoms with Gasteiger partial charge in [0.2, 0.25) is 11.3 Å². The van der Waals surface area contributed by atoms with E-state index >= 15 is 0 Å². The standard InChI is InChI=1S/C21H21N5O3/c1-11-12(2)24-15-5-4-13(8-14(11)15)9-23-21(28)25-17-10-22-16-6-7-18(29-3)26-19(16)20(17)27/h4-8,10,24H,9H2,1-3H3,(H,22,27)(H2,23,25,28). The van der Waals surface area contributed by atoms with Crippen LogP contribution in [0.5, 0.6) is 5.88 Å². The fourth-order valence-corrected chi connectivity index (χ4v) is 3.25. The zero-order chi connectivity index (χ0) is 20.5. The number of anilines is 1. The summed E-state index contributed by atoms with van der Waals surface area (Å²) in [6.45, 7) is 4.43. The number of pyridine rings is 2. The van der Waals surface area contributed by atoms with Crippen molar-refractivity contribution >= 4 is 33.7 Å². The maximum Gasteiger partial charge on any atom is 0.319 e. The Bertz CT molecular complexity index is 1290. The number of carbonyl (C=O) groups is 1. The average Bonchev–Trinajstić information content (AvgIpc) is 3.02. The molecule has 1 aromatic carbocycles. The molecule has 8 heteroatoms. The van der Waals surface area contributed by atoms with Crippen molar-refractivity contribution in [2.24, 2.45) is 0 Å². The molecule has 3 aromatic heterocycles. The number of nitrogens with one attached hydrogen (secondary N) is 4. The minimum atomic E-state index is -0.472. The number of ether oxygens (including phenoxy) is 1. The smallest absolute Gasteiger partial charge is 0.319 e. The summed E-state index contributed by atoms with van der Waals surface area (Å²) in [5, 5.41) is 6.49. The van der Waals surface area contributed by atoms with Crippen molar-refractivity contribution in [2.75, 3.05) is 12.4 Å². The van der Waals surface area contributed by atoms with E-state index in [0.717, 1.165) is 22.2 Å². The Balaban J connectivity index is 1.49. The third-order valence-corrected chi connectivity index (χ3v) is 4.98. The van der Waals surface area contributed by atoms with Gasteiger partial charge in [-0.05, 0) is 43.2 Å². The first-order chi connectivity index (χ1) is 14.0. The molecule has 4 N–H and O–H groups in total. The largest absolute Gasteiger partial charge is 0.481 e. The van der Waals surface area contributed by atoms with E-state index in [1.165, 1.54) is 18.9 Å². The van der Waals surface area contributed by atoms with Gasteiger partial charge in [-0.2, -0.15) is 0 Å². The number of aromatic amines is 2. The Morgan fingerprint density at radius 1 is 1.17 bits per heavy atom. The zero-order valence-corrected chi connectivity index (χ0v) is 16.3. The SMILES string of the molecule is COc1ccc2[nH]cc(NC(=O)NCc3ccc4[nH]c(C)c(C)c4c3)c(=O)c2n1. The Labute approximate surface area is 166 Å². The number of amides is 2. The Hall–Kier alpha value is -3.81. The molecule has 0 fully saturated rings. The van der Waals surface area contributed by atoms with Crippen LogP contribution in [-0.2, 0) is 6.54 Å². The summed E-state index contributed by atoms with van der Waals surface area (Å²) in [5.74, 6) is 0.329. The molecule has 0 unspecified atom stereocenters. The predicted molar refractivity (Wildman–Crippen MR) is 113 cm³/mol. The van der Waals surface area contributed by atoms with Gasteiger partial charge < -0.3 is 25.3 Å². The molecule has 4 aromatic rings. The van der Waals surface area contributed by atoms with E-state index in [9.17, 15) is 9.59 Å². The van der Waals surface area contributed by atoms with E-state index in [0.29, 0.717) is 17.9 Å². The normalized spacial score (nSPS) is 11.0. The summed E-state index contributed by atoms with van der Waals surface area (Å²) < 4.78 is 5.06. The molecule has 8 nitrogen and oxygen atoms in total. The number of hydrogen-bond acceptors (Lipinski definition) is 4. The van der Waals surface area contributed by atoms with Gasteiger partial charge in [-0.15, -0.1) is 0 Å². The summed E-state index contributed by atoms with van der Waals surface area (Å²) in [7, 11) is 1.48. The molecule has 0 bridgehead atoms. The third-order valence-electron chi connectivity index (χ3n) is 4.98. The van der Waals surface area contributed by atoms with Crippen LogP contribution in [0.15, 0.2) is 41.3 Å². The number of aryl methyl sites for hydroxylation is 2. The predicted octanol–water partition coefficient (Wildman–Crippen LogP) is 3.35. The molecular weight excluding hydrogens is 370 g/mol. The molecule has 0 spiro atoms. The molecule has 0 radical (unpaired) electrons. The van der Waals surface area contributed by atoms with Gasteiger partial charge >= 0.3 is 6.03 Å². The summed E-state index contributed by atoms with van der Waals surface area (Å²) >= 11 is 0. The Morgan fingerprint density at radius 3 is 2.76 bits per heavy atom. The number of carbonyl (C=O) groups excluding carboxylic acids is 1. The molecule has 148 valence electrons. The molecule has 0 aliphatic carbocycles. The summed E-state index contributed by atoms with van der Waals surface area (Å²) in [6.07, 6.45) is 1.45. The van der Waals surface area contributed by atoms with Crippen LogP contribution >= 0.6 is 0 Å². The van der Waals surface area contributed by atoms with Crippen LogP contribution in [0.3, 0.4) is 0 Å². The van der Waals surface area contributed by atoms with E-state index in [2.05, 4.69) is 32.5 Å². The van der Waals surface area contributed by atoms with Gasteiger partial charge in [0.25, 0.3) is 0 Å². The van der Waals surface area contributed by atoms with E-state index in [1.807, 2.05) is 25.1 Å². The highest BCUT2D eigenvalue weighted by molar-refractivity contribution is 5.91. The first-order valence-corrected chi connectivity index (χ1v) is 9.15. The van der Waals surface area contributed by atoms with Crippen molar-refractivity contribution in [1.29, 1.82) is 0 Å². The van der Waals surface area contributed by atoms with Crippen LogP contribution in [0.4, 0.5) is 10.5 Å². The Morgan fingerprint density at radius 2 is 1.97 bits per heavy atom. The number of nitrogens with zero attached hydrogens (tertiary/aromatic N) is 1. The number of H-pyrrole nitrogens is 2. The highest BCUT2D eigenvalue weighted by Crippen LogP contribution is 2.22. The van der Waals surface area contributed by atoms with Crippen LogP contribution in [0.2, 0.25) is 0 Å². The fourth-order valence-electron chi connectivity index (χ4n) is 3.25. The third kappa shape index (κ3) is 3.52. The first-order valence-electron chi connectivity index (χ1n) is 9.15. The fraction of sp³-hybridized carbons (Fsp3) is 0.190. The lowest BCUT2D eigenvalue weighted by Crippen LogP contribution is -2.30. The van der Waals surface area contributed by atoms with E-state index in [-0.39, 0.29) is 16.6 Å². The average molecular weight is 391 g/mol. The first kappa shape index (κ1) is 18.5. The minimum Gasteiger partial charge on any atom is -0.481 e. The number of methoxy groups -OCH3 is 1. The number of aromatic nitrogens is 3. The highest BCUT2D eigenvalue weighted by atomic mass is 16.5. The minimum absolute atomic E-state index is 0.114. The van der Waals surface area contributed by atoms with Gasteiger partial charge in [0, 0.05) is 35.4 Å². The molecule has 4 rings (SSSR count). The van der Waals surface area contributed by atoms with Crippen LogP contribution in [0.1, 0.15) is 16.8 Å². The van der Waals surface area contributed by atoms with Crippen LogP contribution in [-0.4, -0.2) is 28.1 Å². The van der Waals surface area contributed by atoms with Gasteiger partial charge in [-0.25, -0.2) is 9.78 Å². The van der Waals surface area contributed by atoms with Crippen LogP contribution in [0.25, 0.3) is 21.9 Å². The van der Waals surface area contributed by atoms with Crippen molar-refractivity contribution in [2.45, 2.75) is 20.4 Å². The molecular formula is C21H21N5O3. The molecule has 0 saturated heterocycles. The number of benzene rings is 1. The van der Waals surface area contributed by atoms with Gasteiger partial charge in [-0.1, -0.05) is 6.07 Å². The van der Waals surface area contributed by atoms with Crippen LogP contribution in [0, 0.1) is 13.8 Å².